The van der Waals surface area contributed by atoms with E-state index >= 15 is 0 Å². The van der Waals surface area contributed by atoms with E-state index < -0.39 is 42.2 Å². The Morgan fingerprint density at radius 1 is 0.771 bits per heavy atom. The lowest BCUT2D eigenvalue weighted by molar-refractivity contribution is -0.136. The molecule has 3 aromatic rings. The molecule has 2 fully saturated rings. The number of carbonyl (C=O) groups is 1. The zero-order chi connectivity index (χ0) is 24.8. The third-order valence-electron chi connectivity index (χ3n) is 6.52. The molecule has 8 nitrogen and oxygen atoms in total. The minimum atomic E-state index is -4.26. The number of benzene rings is 3. The van der Waals surface area contributed by atoms with Crippen LogP contribution >= 0.6 is 0 Å². The number of hydrogen-bond donors (Lipinski definition) is 0. The first-order chi connectivity index (χ1) is 16.8. The van der Waals surface area contributed by atoms with E-state index in [-0.39, 0.29) is 22.8 Å². The monoisotopic (exact) mass is 512 g/mol. The average Bonchev–Trinajstić information content (AvgIpc) is 3.43. The number of carbonyl (C=O) groups excluding carboxylic acids is 1. The first-order valence-electron chi connectivity index (χ1n) is 11.1. The van der Waals surface area contributed by atoms with Crippen molar-refractivity contribution in [3.63, 3.8) is 0 Å². The second-order valence-corrected chi connectivity index (χ2v) is 12.6. The van der Waals surface area contributed by atoms with Crippen LogP contribution in [0, 0.1) is 0 Å². The van der Waals surface area contributed by atoms with Crippen molar-refractivity contribution < 1.29 is 26.4 Å². The van der Waals surface area contributed by atoms with Crippen LogP contribution in [0.25, 0.3) is 0 Å². The summed E-state index contributed by atoms with van der Waals surface area (Å²) >= 11 is 0. The fourth-order valence-corrected chi connectivity index (χ4v) is 9.52. The van der Waals surface area contributed by atoms with Gasteiger partial charge in [-0.2, -0.15) is 0 Å². The molecule has 0 aliphatic carbocycles. The number of hydrazine groups is 1. The molecule has 0 N–H and O–H groups in total. The van der Waals surface area contributed by atoms with Gasteiger partial charge < -0.3 is 4.74 Å². The summed E-state index contributed by atoms with van der Waals surface area (Å²) in [5.41, 5.74) is 0.584. The van der Waals surface area contributed by atoms with E-state index in [0.29, 0.717) is 11.3 Å². The van der Waals surface area contributed by atoms with Crippen LogP contribution < -0.4 is 4.74 Å². The molecule has 5 rings (SSSR count). The summed E-state index contributed by atoms with van der Waals surface area (Å²) in [4.78, 5) is 13.0. The van der Waals surface area contributed by atoms with Gasteiger partial charge in [-0.05, 0) is 42.0 Å². The Kier molecular flexibility index (Phi) is 5.90. The molecule has 2 aliphatic rings. The maximum absolute atomic E-state index is 14.1. The van der Waals surface area contributed by atoms with Crippen molar-refractivity contribution in [2.75, 3.05) is 13.7 Å². The standard InChI is InChI=1S/C25H24N2O6S2/c1-33-19-14-12-18(13-15-19)23-24(34(29,30)20-8-4-2-5-9-20)25(27-22(28)16-17-26(23)27)35(31,32)21-10-6-3-7-11-21/h2-15,23-25H,16-17H2,1H3. The van der Waals surface area contributed by atoms with E-state index in [9.17, 15) is 21.6 Å². The fraction of sp³-hybridized carbons (Fsp3) is 0.240. The maximum Gasteiger partial charge on any atom is 0.239 e. The van der Waals surface area contributed by atoms with E-state index in [4.69, 9.17) is 4.74 Å². The van der Waals surface area contributed by atoms with Crippen LogP contribution in [-0.4, -0.2) is 57.0 Å². The summed E-state index contributed by atoms with van der Waals surface area (Å²) in [5.74, 6) is 0.163. The van der Waals surface area contributed by atoms with Gasteiger partial charge in [0.05, 0.1) is 22.9 Å². The topological polar surface area (TPSA) is 101 Å². The lowest BCUT2D eigenvalue weighted by atomic mass is 10.0. The predicted molar refractivity (Wildman–Crippen MR) is 129 cm³/mol. The summed E-state index contributed by atoms with van der Waals surface area (Å²) in [6.07, 6.45) is 0.103. The highest BCUT2D eigenvalue weighted by molar-refractivity contribution is 7.96. The van der Waals surface area contributed by atoms with Gasteiger partial charge in [-0.3, -0.25) is 9.80 Å². The van der Waals surface area contributed by atoms with Crippen LogP contribution in [0.5, 0.6) is 5.75 Å². The van der Waals surface area contributed by atoms with E-state index in [0.717, 1.165) is 5.01 Å². The van der Waals surface area contributed by atoms with Gasteiger partial charge in [0.25, 0.3) is 0 Å². The van der Waals surface area contributed by atoms with Crippen molar-refractivity contribution in [1.82, 2.24) is 10.0 Å². The van der Waals surface area contributed by atoms with Crippen LogP contribution in [0.2, 0.25) is 0 Å². The van der Waals surface area contributed by atoms with Crippen molar-refractivity contribution in [2.24, 2.45) is 0 Å². The molecule has 0 saturated carbocycles. The Balaban J connectivity index is 1.76. The minimum absolute atomic E-state index is 0.00611. The molecule has 0 bridgehead atoms. The molecule has 35 heavy (non-hydrogen) atoms. The smallest absolute Gasteiger partial charge is 0.239 e. The summed E-state index contributed by atoms with van der Waals surface area (Å²) in [5, 5.41) is -0.312. The van der Waals surface area contributed by atoms with Gasteiger partial charge >= 0.3 is 0 Å². The SMILES string of the molecule is COc1ccc(C2C(S(=O)(=O)c3ccccc3)C(S(=O)(=O)c3ccccc3)N3C(=O)CCN23)cc1. The first kappa shape index (κ1) is 23.5. The van der Waals surface area contributed by atoms with Gasteiger partial charge in [-0.25, -0.2) is 21.8 Å². The zero-order valence-corrected chi connectivity index (χ0v) is 20.5. The Morgan fingerprint density at radius 3 is 1.86 bits per heavy atom. The quantitative estimate of drug-likeness (QED) is 0.501. The number of fused-ring (bicyclic) bond motifs is 1. The Hall–Kier alpha value is -3.21. The number of hydrogen-bond acceptors (Lipinski definition) is 7. The molecular weight excluding hydrogens is 488 g/mol. The molecule has 3 aromatic carbocycles. The minimum Gasteiger partial charge on any atom is -0.497 e. The Labute approximate surface area is 204 Å². The van der Waals surface area contributed by atoms with Gasteiger partial charge in [-0.15, -0.1) is 0 Å². The van der Waals surface area contributed by atoms with Gasteiger partial charge in [0.2, 0.25) is 15.7 Å². The molecule has 10 heteroatoms. The molecule has 2 saturated heterocycles. The number of amides is 1. The third kappa shape index (κ3) is 3.81. The summed E-state index contributed by atoms with van der Waals surface area (Å²) in [6, 6.07) is 21.4. The maximum atomic E-state index is 14.1. The molecular formula is C25H24N2O6S2. The molecule has 2 aliphatic heterocycles. The van der Waals surface area contributed by atoms with E-state index in [1.165, 1.54) is 31.4 Å². The van der Waals surface area contributed by atoms with Gasteiger partial charge in [-0.1, -0.05) is 48.5 Å². The van der Waals surface area contributed by atoms with Crippen molar-refractivity contribution in [3.8, 4) is 5.75 Å². The molecule has 0 radical (unpaired) electrons. The highest BCUT2D eigenvalue weighted by Crippen LogP contribution is 2.48. The molecule has 182 valence electrons. The Morgan fingerprint density at radius 2 is 1.31 bits per heavy atom. The molecule has 3 unspecified atom stereocenters. The molecule has 1 amide bonds. The van der Waals surface area contributed by atoms with E-state index in [2.05, 4.69) is 0 Å². The van der Waals surface area contributed by atoms with Crippen LogP contribution in [0.3, 0.4) is 0 Å². The predicted octanol–water partition coefficient (Wildman–Crippen LogP) is 2.84. The Bertz CT molecular complexity index is 1440. The van der Waals surface area contributed by atoms with Gasteiger partial charge in [0.1, 0.15) is 11.0 Å². The van der Waals surface area contributed by atoms with Crippen molar-refractivity contribution in [3.05, 3.63) is 90.5 Å². The van der Waals surface area contributed by atoms with Crippen molar-refractivity contribution in [2.45, 2.75) is 32.9 Å². The highest BCUT2D eigenvalue weighted by atomic mass is 32.2. The normalized spacial score (nSPS) is 22.8. The van der Waals surface area contributed by atoms with E-state index in [1.807, 2.05) is 0 Å². The molecule has 3 atom stereocenters. The number of methoxy groups -OCH3 is 1. The van der Waals surface area contributed by atoms with Gasteiger partial charge in [0, 0.05) is 13.0 Å². The molecule has 0 spiro atoms. The van der Waals surface area contributed by atoms with Crippen molar-refractivity contribution >= 4 is 25.6 Å². The second kappa shape index (κ2) is 8.78. The fourth-order valence-electron chi connectivity index (χ4n) is 4.91. The molecule has 2 heterocycles. The summed E-state index contributed by atoms with van der Waals surface area (Å²) < 4.78 is 61.4. The summed E-state index contributed by atoms with van der Waals surface area (Å²) in [6.45, 7) is 0.219. The van der Waals surface area contributed by atoms with Gasteiger partial charge in [0.15, 0.2) is 15.2 Å². The van der Waals surface area contributed by atoms with Crippen LogP contribution in [0.1, 0.15) is 18.0 Å². The zero-order valence-electron chi connectivity index (χ0n) is 18.9. The summed E-state index contributed by atoms with van der Waals surface area (Å²) in [7, 11) is -6.94. The number of ether oxygens (including phenoxy) is 1. The third-order valence-corrected chi connectivity index (χ3v) is 10.9. The van der Waals surface area contributed by atoms with E-state index in [1.54, 1.807) is 65.7 Å². The van der Waals surface area contributed by atoms with Crippen LogP contribution in [-0.2, 0) is 24.5 Å². The second-order valence-electron chi connectivity index (χ2n) is 8.44. The first-order valence-corrected chi connectivity index (χ1v) is 14.2. The largest absolute Gasteiger partial charge is 0.497 e. The highest BCUT2D eigenvalue weighted by Gasteiger charge is 2.62. The lowest BCUT2D eigenvalue weighted by Gasteiger charge is -2.26. The number of sulfone groups is 2. The van der Waals surface area contributed by atoms with Crippen molar-refractivity contribution in [1.29, 1.82) is 0 Å². The van der Waals surface area contributed by atoms with Crippen LogP contribution in [0.15, 0.2) is 94.7 Å². The molecule has 0 aromatic heterocycles. The lowest BCUT2D eigenvalue weighted by Crippen LogP contribution is -2.47. The number of nitrogens with zero attached hydrogens (tertiary/aromatic N) is 2. The number of rotatable bonds is 6. The average molecular weight is 513 g/mol. The van der Waals surface area contributed by atoms with Crippen LogP contribution in [0.4, 0.5) is 0 Å².